The SMILES string of the molecule is Nc1nccn2c([C@@H]3CC[C@H]4CCC(=O)N4C3)nc(-c3ccc(C(=O)Nc4cc(C5CCC5)ccn4)cc3)c12. The van der Waals surface area contributed by atoms with E-state index in [0.717, 1.165) is 41.9 Å². The first-order valence-corrected chi connectivity index (χ1v) is 13.8. The normalized spacial score (nSPS) is 21.1. The van der Waals surface area contributed by atoms with Crippen molar-refractivity contribution < 1.29 is 9.59 Å². The Balaban J connectivity index is 1.16. The summed E-state index contributed by atoms with van der Waals surface area (Å²) in [6, 6.07) is 11.8. The van der Waals surface area contributed by atoms with Gasteiger partial charge in [0, 0.05) is 54.6 Å². The first kappa shape index (κ1) is 23.8. The molecule has 39 heavy (non-hydrogen) atoms. The number of carbonyl (C=O) groups excluding carboxylic acids is 2. The summed E-state index contributed by atoms with van der Waals surface area (Å²) in [4.78, 5) is 41.2. The van der Waals surface area contributed by atoms with Crippen molar-refractivity contribution in [2.24, 2.45) is 0 Å². The lowest BCUT2D eigenvalue weighted by Gasteiger charge is -2.34. The van der Waals surface area contributed by atoms with Gasteiger partial charge in [-0.3, -0.25) is 14.0 Å². The average molecular weight is 522 g/mol. The molecule has 3 N–H and O–H groups in total. The quantitative estimate of drug-likeness (QED) is 0.391. The maximum atomic E-state index is 13.0. The molecule has 2 atom stereocenters. The maximum absolute atomic E-state index is 13.0. The van der Waals surface area contributed by atoms with Crippen LogP contribution in [0.5, 0.6) is 0 Å². The third-order valence-corrected chi connectivity index (χ3v) is 8.72. The summed E-state index contributed by atoms with van der Waals surface area (Å²) in [7, 11) is 0. The van der Waals surface area contributed by atoms with Gasteiger partial charge in [-0.05, 0) is 67.9 Å². The van der Waals surface area contributed by atoms with Gasteiger partial charge in [0.05, 0.1) is 0 Å². The van der Waals surface area contributed by atoms with Crippen LogP contribution in [0.3, 0.4) is 0 Å². The molecule has 9 nitrogen and oxygen atoms in total. The van der Waals surface area contributed by atoms with Gasteiger partial charge in [0.25, 0.3) is 5.91 Å². The largest absolute Gasteiger partial charge is 0.382 e. The van der Waals surface area contributed by atoms with Crippen molar-refractivity contribution in [3.05, 3.63) is 71.9 Å². The highest BCUT2D eigenvalue weighted by molar-refractivity contribution is 6.04. The molecule has 0 radical (unpaired) electrons. The zero-order valence-corrected chi connectivity index (χ0v) is 21.7. The Morgan fingerprint density at radius 2 is 1.82 bits per heavy atom. The first-order chi connectivity index (χ1) is 19.0. The molecule has 198 valence electrons. The van der Waals surface area contributed by atoms with Gasteiger partial charge in [-0.15, -0.1) is 0 Å². The first-order valence-electron chi connectivity index (χ1n) is 13.8. The van der Waals surface area contributed by atoms with E-state index in [4.69, 9.17) is 10.7 Å². The van der Waals surface area contributed by atoms with Gasteiger partial charge in [0.2, 0.25) is 5.91 Å². The standard InChI is InChI=1S/C30H31N7O2/c31-28-27-26(35-29(36(27)15-14-33-28)22-8-9-23-10-11-25(38)37(23)17-22)19-4-6-20(7-5-19)30(39)34-24-16-21(12-13-32-24)18-2-1-3-18/h4-7,12-16,18,22-23H,1-3,8-11,17H2,(H2,31,33)(H,32,34,39)/t22-,23+/m1/s1. The Kier molecular flexibility index (Phi) is 5.79. The Morgan fingerprint density at radius 3 is 2.62 bits per heavy atom. The summed E-state index contributed by atoms with van der Waals surface area (Å²) >= 11 is 0. The number of carbonyl (C=O) groups is 2. The second-order valence-electron chi connectivity index (χ2n) is 11.0. The number of hydrogen-bond acceptors (Lipinski definition) is 6. The zero-order valence-electron chi connectivity index (χ0n) is 21.7. The molecule has 2 aliphatic heterocycles. The smallest absolute Gasteiger partial charge is 0.256 e. The summed E-state index contributed by atoms with van der Waals surface area (Å²) in [5.41, 5.74) is 10.4. The van der Waals surface area contributed by atoms with Gasteiger partial charge >= 0.3 is 0 Å². The number of nitrogens with two attached hydrogens (primary N) is 1. The molecule has 7 rings (SSSR count). The zero-order chi connectivity index (χ0) is 26.5. The molecule has 1 saturated carbocycles. The van der Waals surface area contributed by atoms with Crippen molar-refractivity contribution in [3.63, 3.8) is 0 Å². The third kappa shape index (κ3) is 4.22. The number of anilines is 2. The van der Waals surface area contributed by atoms with Gasteiger partial charge in [0.1, 0.15) is 28.7 Å². The molecule has 3 aliphatic rings. The fourth-order valence-corrected chi connectivity index (χ4v) is 6.33. The van der Waals surface area contributed by atoms with E-state index in [-0.39, 0.29) is 17.7 Å². The number of benzene rings is 1. The molecule has 3 fully saturated rings. The number of aromatic nitrogens is 4. The number of nitrogens with one attached hydrogen (secondary N) is 1. The minimum Gasteiger partial charge on any atom is -0.382 e. The number of nitrogens with zero attached hydrogens (tertiary/aromatic N) is 5. The Hall–Kier alpha value is -4.27. The molecule has 2 saturated heterocycles. The van der Waals surface area contributed by atoms with Crippen LogP contribution in [0.15, 0.2) is 55.0 Å². The lowest BCUT2D eigenvalue weighted by molar-refractivity contribution is -0.130. The molecular formula is C30H31N7O2. The van der Waals surface area contributed by atoms with Crippen LogP contribution in [0.2, 0.25) is 0 Å². The Morgan fingerprint density at radius 1 is 0.974 bits per heavy atom. The van der Waals surface area contributed by atoms with E-state index in [1.165, 1.54) is 24.8 Å². The van der Waals surface area contributed by atoms with Crippen LogP contribution in [-0.2, 0) is 4.79 Å². The number of rotatable bonds is 5. The number of pyridine rings is 1. The van der Waals surface area contributed by atoms with Gasteiger partial charge < -0.3 is 16.0 Å². The Labute approximate surface area is 226 Å². The number of imidazole rings is 1. The Bertz CT molecular complexity index is 1570. The van der Waals surface area contributed by atoms with Gasteiger partial charge in [-0.1, -0.05) is 18.6 Å². The predicted molar refractivity (Wildman–Crippen MR) is 148 cm³/mol. The highest BCUT2D eigenvalue weighted by Gasteiger charge is 2.38. The minimum atomic E-state index is -0.205. The maximum Gasteiger partial charge on any atom is 0.256 e. The fourth-order valence-electron chi connectivity index (χ4n) is 6.33. The molecule has 3 aromatic heterocycles. The number of piperidine rings is 1. The molecule has 5 heterocycles. The molecule has 2 amide bonds. The summed E-state index contributed by atoms with van der Waals surface area (Å²) in [5.74, 6) is 2.60. The lowest BCUT2D eigenvalue weighted by atomic mass is 9.80. The number of fused-ring (bicyclic) bond motifs is 2. The predicted octanol–water partition coefficient (Wildman–Crippen LogP) is 4.76. The van der Waals surface area contributed by atoms with Crippen molar-refractivity contribution in [3.8, 4) is 11.3 Å². The van der Waals surface area contributed by atoms with Crippen LogP contribution in [0, 0.1) is 0 Å². The van der Waals surface area contributed by atoms with Gasteiger partial charge in [0.15, 0.2) is 0 Å². The summed E-state index contributed by atoms with van der Waals surface area (Å²) in [5, 5.41) is 2.94. The lowest BCUT2D eigenvalue weighted by Crippen LogP contribution is -2.41. The fraction of sp³-hybridized carbons (Fsp3) is 0.367. The van der Waals surface area contributed by atoms with E-state index in [0.29, 0.717) is 42.1 Å². The van der Waals surface area contributed by atoms with E-state index >= 15 is 0 Å². The topological polar surface area (TPSA) is 119 Å². The number of nitrogen functional groups attached to an aromatic ring is 1. The molecule has 1 aliphatic carbocycles. The highest BCUT2D eigenvalue weighted by Crippen LogP contribution is 2.38. The molecular weight excluding hydrogens is 490 g/mol. The summed E-state index contributed by atoms with van der Waals surface area (Å²) < 4.78 is 2.02. The highest BCUT2D eigenvalue weighted by atomic mass is 16.2. The molecule has 0 spiro atoms. The van der Waals surface area contributed by atoms with Gasteiger partial charge in [-0.25, -0.2) is 15.0 Å². The minimum absolute atomic E-state index is 0.125. The van der Waals surface area contributed by atoms with E-state index < -0.39 is 0 Å². The van der Waals surface area contributed by atoms with Crippen molar-refractivity contribution in [1.29, 1.82) is 0 Å². The number of amides is 2. The van der Waals surface area contributed by atoms with Gasteiger partial charge in [-0.2, -0.15) is 0 Å². The van der Waals surface area contributed by atoms with Crippen LogP contribution in [0.1, 0.15) is 78.5 Å². The molecule has 4 aromatic rings. The van der Waals surface area contributed by atoms with Crippen molar-refractivity contribution in [1.82, 2.24) is 24.3 Å². The monoisotopic (exact) mass is 521 g/mol. The second kappa shape index (κ2) is 9.48. The van der Waals surface area contributed by atoms with E-state index in [1.807, 2.05) is 39.8 Å². The van der Waals surface area contributed by atoms with Crippen LogP contribution in [0.25, 0.3) is 16.8 Å². The van der Waals surface area contributed by atoms with Crippen LogP contribution < -0.4 is 11.1 Å². The van der Waals surface area contributed by atoms with Crippen LogP contribution >= 0.6 is 0 Å². The van der Waals surface area contributed by atoms with Crippen LogP contribution in [-0.4, -0.2) is 48.7 Å². The van der Waals surface area contributed by atoms with E-state index in [9.17, 15) is 9.59 Å². The molecule has 0 bridgehead atoms. The number of hydrogen-bond donors (Lipinski definition) is 2. The third-order valence-electron chi connectivity index (χ3n) is 8.72. The molecule has 9 heteroatoms. The van der Waals surface area contributed by atoms with Crippen LogP contribution in [0.4, 0.5) is 11.6 Å². The molecule has 0 unspecified atom stereocenters. The van der Waals surface area contributed by atoms with E-state index in [1.54, 1.807) is 24.5 Å². The average Bonchev–Trinajstić information content (AvgIpc) is 3.49. The van der Waals surface area contributed by atoms with Crippen molar-refractivity contribution in [2.75, 3.05) is 17.6 Å². The van der Waals surface area contributed by atoms with Crippen molar-refractivity contribution in [2.45, 2.75) is 62.8 Å². The van der Waals surface area contributed by atoms with E-state index in [2.05, 4.69) is 15.3 Å². The summed E-state index contributed by atoms with van der Waals surface area (Å²) in [6.07, 6.45) is 12.6. The summed E-state index contributed by atoms with van der Waals surface area (Å²) in [6.45, 7) is 0.680. The second-order valence-corrected chi connectivity index (χ2v) is 11.0. The van der Waals surface area contributed by atoms with Crippen molar-refractivity contribution >= 4 is 29.0 Å². The molecule has 1 aromatic carbocycles.